The fraction of sp³-hybridized carbons (Fsp3) is 0.205. The second kappa shape index (κ2) is 12.3. The molecule has 0 aliphatic heterocycles. The number of phenolic OH excluding ortho intramolecular Hbond substituents is 6. The van der Waals surface area contributed by atoms with Crippen molar-refractivity contribution in [3.63, 3.8) is 0 Å². The normalized spacial score (nSPS) is 17.8. The first-order valence-electron chi connectivity index (χ1n) is 15.4. The first-order chi connectivity index (χ1) is 22.4. The maximum atomic E-state index is 14.7. The average Bonchev–Trinajstić information content (AvgIpc) is 3.44. The molecule has 5 aromatic rings. The standard InChI is InChI=1S/C39H36O8/c1-20(2)4-11-27-31(42)13-12-28(38(27)45)39(46)36-29(22-5-8-25(40)9-6-22)14-21(3)15-30(36)37-32(43)16-24(17-33(37)44)34-18-23-7-10-26(41)19-35(23)47-34/h4-10,12-13,15-19,29-30,36,40-45H,11,14H2,1-3H3/t29-,30+,36-/m1/s1. The first-order valence-corrected chi connectivity index (χ1v) is 15.4. The van der Waals surface area contributed by atoms with Gasteiger partial charge >= 0.3 is 0 Å². The van der Waals surface area contributed by atoms with E-state index in [0.717, 1.165) is 22.1 Å². The zero-order valence-corrected chi connectivity index (χ0v) is 26.2. The van der Waals surface area contributed by atoms with Crippen LogP contribution in [0.2, 0.25) is 0 Å². The van der Waals surface area contributed by atoms with Crippen molar-refractivity contribution in [2.75, 3.05) is 0 Å². The van der Waals surface area contributed by atoms with Gasteiger partial charge in [-0.1, -0.05) is 35.4 Å². The van der Waals surface area contributed by atoms with Crippen molar-refractivity contribution < 1.29 is 39.9 Å². The third kappa shape index (κ3) is 6.02. The Morgan fingerprint density at radius 2 is 1.51 bits per heavy atom. The van der Waals surface area contributed by atoms with E-state index in [4.69, 9.17) is 4.42 Å². The van der Waals surface area contributed by atoms with Gasteiger partial charge in [-0.25, -0.2) is 0 Å². The predicted molar refractivity (Wildman–Crippen MR) is 179 cm³/mol. The molecule has 4 aromatic carbocycles. The van der Waals surface area contributed by atoms with Gasteiger partial charge in [0.15, 0.2) is 5.78 Å². The summed E-state index contributed by atoms with van der Waals surface area (Å²) in [4.78, 5) is 14.7. The molecule has 47 heavy (non-hydrogen) atoms. The monoisotopic (exact) mass is 632 g/mol. The van der Waals surface area contributed by atoms with Crippen LogP contribution in [0.3, 0.4) is 0 Å². The number of carbonyl (C=O) groups is 1. The van der Waals surface area contributed by atoms with E-state index in [2.05, 4.69) is 0 Å². The fourth-order valence-electron chi connectivity index (χ4n) is 6.64. The van der Waals surface area contributed by atoms with Gasteiger partial charge in [-0.3, -0.25) is 4.79 Å². The molecule has 240 valence electrons. The highest BCUT2D eigenvalue weighted by atomic mass is 16.3. The maximum Gasteiger partial charge on any atom is 0.171 e. The molecule has 6 rings (SSSR count). The lowest BCUT2D eigenvalue weighted by atomic mass is 9.65. The van der Waals surface area contributed by atoms with E-state index < -0.39 is 23.5 Å². The Morgan fingerprint density at radius 3 is 2.19 bits per heavy atom. The Labute approximate surface area is 271 Å². The van der Waals surface area contributed by atoms with Gasteiger partial charge in [-0.05, 0) is 99.7 Å². The number of aromatic hydroxyl groups is 6. The number of furan rings is 1. The second-order valence-electron chi connectivity index (χ2n) is 12.5. The first kappa shape index (κ1) is 31.4. The van der Waals surface area contributed by atoms with E-state index in [1.165, 1.54) is 36.4 Å². The SMILES string of the molecule is CC(C)=CCc1c(O)ccc(C(=O)[C@H]2[C@@H](c3c(O)cc(-c4cc5ccc(O)cc5o4)cc3O)C=C(C)C[C@@H]2c2ccc(O)cc2)c1O. The quantitative estimate of drug-likeness (QED) is 0.0771. The van der Waals surface area contributed by atoms with Crippen LogP contribution in [0.15, 0.2) is 101 Å². The smallest absolute Gasteiger partial charge is 0.171 e. The summed E-state index contributed by atoms with van der Waals surface area (Å²) in [6.45, 7) is 5.72. The summed E-state index contributed by atoms with van der Waals surface area (Å²) in [5.74, 6) is -3.05. The molecule has 0 radical (unpaired) electrons. The Kier molecular flexibility index (Phi) is 8.20. The van der Waals surface area contributed by atoms with E-state index in [1.807, 2.05) is 32.9 Å². The van der Waals surface area contributed by atoms with Crippen LogP contribution in [0.25, 0.3) is 22.3 Å². The minimum Gasteiger partial charge on any atom is -0.508 e. The molecule has 1 heterocycles. The molecule has 0 unspecified atom stereocenters. The van der Waals surface area contributed by atoms with E-state index in [-0.39, 0.29) is 57.6 Å². The number of hydrogen-bond acceptors (Lipinski definition) is 8. The molecule has 3 atom stereocenters. The highest BCUT2D eigenvalue weighted by Gasteiger charge is 2.42. The van der Waals surface area contributed by atoms with E-state index >= 15 is 0 Å². The third-order valence-electron chi connectivity index (χ3n) is 8.95. The molecule has 0 saturated carbocycles. The Morgan fingerprint density at radius 1 is 0.830 bits per heavy atom. The molecular formula is C39H36O8. The largest absolute Gasteiger partial charge is 0.508 e. The summed E-state index contributed by atoms with van der Waals surface area (Å²) in [7, 11) is 0. The van der Waals surface area contributed by atoms with Crippen molar-refractivity contribution in [2.45, 2.75) is 45.4 Å². The molecule has 1 aliphatic rings. The molecule has 8 nitrogen and oxygen atoms in total. The molecule has 1 aromatic heterocycles. The molecule has 0 fully saturated rings. The van der Waals surface area contributed by atoms with Crippen LogP contribution in [0.5, 0.6) is 34.5 Å². The van der Waals surface area contributed by atoms with Gasteiger partial charge < -0.3 is 35.1 Å². The number of fused-ring (bicyclic) bond motifs is 1. The molecule has 0 spiro atoms. The van der Waals surface area contributed by atoms with Gasteiger partial charge in [0.25, 0.3) is 0 Å². The van der Waals surface area contributed by atoms with Crippen LogP contribution in [0.1, 0.15) is 66.1 Å². The lowest BCUT2D eigenvalue weighted by Crippen LogP contribution is -2.31. The van der Waals surface area contributed by atoms with Crippen LogP contribution in [0.4, 0.5) is 0 Å². The van der Waals surface area contributed by atoms with E-state index in [9.17, 15) is 35.4 Å². The summed E-state index contributed by atoms with van der Waals surface area (Å²) in [5, 5.41) is 65.5. The highest BCUT2D eigenvalue weighted by molar-refractivity contribution is 6.02. The van der Waals surface area contributed by atoms with Gasteiger partial charge in [0.2, 0.25) is 0 Å². The number of ketones is 1. The summed E-state index contributed by atoms with van der Waals surface area (Å²) >= 11 is 0. The van der Waals surface area contributed by atoms with Crippen molar-refractivity contribution in [1.29, 1.82) is 0 Å². The molecule has 0 bridgehead atoms. The average molecular weight is 633 g/mol. The predicted octanol–water partition coefficient (Wildman–Crippen LogP) is 8.56. The summed E-state index contributed by atoms with van der Waals surface area (Å²) in [6, 6.07) is 18.8. The number of Topliss-reactive ketones (excluding diaryl/α,β-unsaturated/α-hetero) is 1. The molecule has 8 heteroatoms. The summed E-state index contributed by atoms with van der Waals surface area (Å²) in [5.41, 5.74) is 3.91. The van der Waals surface area contributed by atoms with E-state index in [0.29, 0.717) is 23.3 Å². The second-order valence-corrected chi connectivity index (χ2v) is 12.5. The number of phenols is 6. The van der Waals surface area contributed by atoms with Crippen LogP contribution < -0.4 is 0 Å². The molecular weight excluding hydrogens is 596 g/mol. The molecule has 6 N–H and O–H groups in total. The maximum absolute atomic E-state index is 14.7. The minimum absolute atomic E-state index is 0.0211. The van der Waals surface area contributed by atoms with Gasteiger partial charge in [0, 0.05) is 40.0 Å². The topological polar surface area (TPSA) is 152 Å². The Bertz CT molecular complexity index is 2040. The van der Waals surface area contributed by atoms with Crippen LogP contribution in [-0.4, -0.2) is 36.4 Å². The van der Waals surface area contributed by atoms with Crippen molar-refractivity contribution in [3.05, 3.63) is 118 Å². The van der Waals surface area contributed by atoms with E-state index in [1.54, 1.807) is 36.4 Å². The summed E-state index contributed by atoms with van der Waals surface area (Å²) < 4.78 is 5.90. The molecule has 0 amide bonds. The highest BCUT2D eigenvalue weighted by Crippen LogP contribution is 2.52. The Hall–Kier alpha value is -5.63. The van der Waals surface area contributed by atoms with Crippen molar-refractivity contribution in [1.82, 2.24) is 0 Å². The minimum atomic E-state index is -0.896. The van der Waals surface area contributed by atoms with Crippen molar-refractivity contribution in [2.24, 2.45) is 5.92 Å². The van der Waals surface area contributed by atoms with Crippen LogP contribution in [0, 0.1) is 5.92 Å². The number of benzene rings is 4. The fourth-order valence-corrected chi connectivity index (χ4v) is 6.64. The lowest BCUT2D eigenvalue weighted by Gasteiger charge is -2.37. The van der Waals surface area contributed by atoms with Crippen LogP contribution in [-0.2, 0) is 6.42 Å². The van der Waals surface area contributed by atoms with Gasteiger partial charge in [0.05, 0.1) is 5.56 Å². The van der Waals surface area contributed by atoms with Crippen LogP contribution >= 0.6 is 0 Å². The number of allylic oxidation sites excluding steroid dienone is 4. The molecule has 0 saturated heterocycles. The van der Waals surface area contributed by atoms with Crippen molar-refractivity contribution in [3.8, 4) is 45.8 Å². The lowest BCUT2D eigenvalue weighted by molar-refractivity contribution is 0.0877. The number of carbonyl (C=O) groups excluding carboxylic acids is 1. The number of hydrogen-bond donors (Lipinski definition) is 6. The van der Waals surface area contributed by atoms with Gasteiger partial charge in [-0.15, -0.1) is 0 Å². The summed E-state index contributed by atoms with van der Waals surface area (Å²) in [6.07, 6.45) is 4.41. The molecule has 1 aliphatic carbocycles. The number of rotatable bonds is 7. The third-order valence-corrected chi connectivity index (χ3v) is 8.95. The van der Waals surface area contributed by atoms with Crippen molar-refractivity contribution >= 4 is 16.8 Å². The Balaban J connectivity index is 1.49. The van der Waals surface area contributed by atoms with Gasteiger partial charge in [0.1, 0.15) is 45.8 Å². The van der Waals surface area contributed by atoms with Gasteiger partial charge in [-0.2, -0.15) is 0 Å². The zero-order chi connectivity index (χ0) is 33.6. The zero-order valence-electron chi connectivity index (χ0n) is 26.2.